The van der Waals surface area contributed by atoms with Crippen molar-refractivity contribution in [3.8, 4) is 11.5 Å². The molecule has 1 fully saturated rings. The van der Waals surface area contributed by atoms with Gasteiger partial charge in [0, 0.05) is 0 Å². The summed E-state index contributed by atoms with van der Waals surface area (Å²) in [5, 5.41) is 10.6. The number of anilines is 1. The quantitative estimate of drug-likeness (QED) is 0.475. The summed E-state index contributed by atoms with van der Waals surface area (Å²) in [6.07, 6.45) is 1.80. The maximum absolute atomic E-state index is 13.4. The van der Waals surface area contributed by atoms with E-state index in [1.54, 1.807) is 29.2 Å². The van der Waals surface area contributed by atoms with Crippen LogP contribution in [-0.2, 0) is 4.79 Å². The number of aliphatic imine (C=N–C) groups is 1. The van der Waals surface area contributed by atoms with Gasteiger partial charge in [0.05, 0.1) is 22.9 Å². The minimum absolute atomic E-state index is 0.0716. The molecule has 6 heteroatoms. The Labute approximate surface area is 192 Å². The van der Waals surface area contributed by atoms with E-state index in [1.165, 1.54) is 11.8 Å². The Bertz CT molecular complexity index is 1200. The lowest BCUT2D eigenvalue weighted by molar-refractivity contribution is -0.113. The van der Waals surface area contributed by atoms with Crippen LogP contribution in [0.5, 0.6) is 11.5 Å². The predicted molar refractivity (Wildman–Crippen MR) is 132 cm³/mol. The van der Waals surface area contributed by atoms with Gasteiger partial charge in [-0.1, -0.05) is 41.5 Å². The van der Waals surface area contributed by atoms with Gasteiger partial charge in [0.15, 0.2) is 16.7 Å². The number of hydrogen-bond acceptors (Lipinski definition) is 5. The summed E-state index contributed by atoms with van der Waals surface area (Å²) < 4.78 is 5.47. The summed E-state index contributed by atoms with van der Waals surface area (Å²) >= 11 is 1.33. The van der Waals surface area contributed by atoms with Gasteiger partial charge in [0.2, 0.25) is 0 Å². The number of hydrogen-bond donors (Lipinski definition) is 1. The highest BCUT2D eigenvalue weighted by Gasteiger charge is 2.34. The molecule has 1 heterocycles. The molecule has 0 unspecified atom stereocenters. The van der Waals surface area contributed by atoms with Crippen molar-refractivity contribution in [2.75, 3.05) is 11.5 Å². The Morgan fingerprint density at radius 3 is 2.31 bits per heavy atom. The average molecular weight is 445 g/mol. The highest BCUT2D eigenvalue weighted by molar-refractivity contribution is 8.19. The molecule has 0 atom stereocenters. The van der Waals surface area contributed by atoms with E-state index >= 15 is 0 Å². The molecule has 162 valence electrons. The van der Waals surface area contributed by atoms with Gasteiger partial charge in [0.25, 0.3) is 5.91 Å². The molecule has 0 radical (unpaired) electrons. The van der Waals surface area contributed by atoms with Gasteiger partial charge >= 0.3 is 0 Å². The Morgan fingerprint density at radius 1 is 1.00 bits per heavy atom. The zero-order valence-corrected chi connectivity index (χ0v) is 19.0. The molecule has 3 aromatic rings. The zero-order chi connectivity index (χ0) is 22.7. The number of nitrogens with zero attached hydrogens (tertiary/aromatic N) is 2. The fraction of sp³-hybridized carbons (Fsp3) is 0.154. The van der Waals surface area contributed by atoms with Crippen molar-refractivity contribution in [2.24, 2.45) is 4.99 Å². The number of aryl methyl sites for hydroxylation is 2. The third-order valence-electron chi connectivity index (χ3n) is 4.94. The van der Waals surface area contributed by atoms with E-state index in [1.807, 2.05) is 69.3 Å². The summed E-state index contributed by atoms with van der Waals surface area (Å²) in [6.45, 7) is 6.33. The number of rotatable bonds is 5. The highest BCUT2D eigenvalue weighted by Crippen LogP contribution is 2.38. The molecule has 1 aliphatic heterocycles. The standard InChI is InChI=1S/C26H24N2O3S/c1-4-31-23-15-19(9-14-22(23)29)16-24-25(30)28(21-12-7-18(3)8-13-21)26(32-24)27-20-10-5-17(2)6-11-20/h5-16,29H,4H2,1-3H3/b24-16+,27-26?. The molecule has 0 spiro atoms. The number of thioether (sulfide) groups is 1. The zero-order valence-electron chi connectivity index (χ0n) is 18.2. The first kappa shape index (κ1) is 21.7. The number of carbonyl (C=O) groups is 1. The van der Waals surface area contributed by atoms with Crippen LogP contribution in [0.15, 0.2) is 76.6 Å². The van der Waals surface area contributed by atoms with Crippen LogP contribution in [0.25, 0.3) is 6.08 Å². The molecule has 0 bridgehead atoms. The van der Waals surface area contributed by atoms with Gasteiger partial charge in [0.1, 0.15) is 0 Å². The van der Waals surface area contributed by atoms with Gasteiger partial charge in [-0.2, -0.15) is 0 Å². The molecule has 4 rings (SSSR count). The maximum atomic E-state index is 13.4. The molecule has 0 aliphatic carbocycles. The number of phenolic OH excluding ortho intramolecular Hbond substituents is 1. The maximum Gasteiger partial charge on any atom is 0.271 e. The van der Waals surface area contributed by atoms with Crippen LogP contribution < -0.4 is 9.64 Å². The number of benzene rings is 3. The number of ether oxygens (including phenoxy) is 1. The fourth-order valence-electron chi connectivity index (χ4n) is 3.24. The van der Waals surface area contributed by atoms with Crippen molar-refractivity contribution in [3.05, 3.63) is 88.3 Å². The van der Waals surface area contributed by atoms with Crippen molar-refractivity contribution in [1.29, 1.82) is 0 Å². The van der Waals surface area contributed by atoms with Crippen molar-refractivity contribution in [1.82, 2.24) is 0 Å². The van der Waals surface area contributed by atoms with E-state index in [2.05, 4.69) is 0 Å². The molecular weight excluding hydrogens is 420 g/mol. The van der Waals surface area contributed by atoms with E-state index in [0.29, 0.717) is 22.4 Å². The summed E-state index contributed by atoms with van der Waals surface area (Å²) in [6, 6.07) is 20.7. The smallest absolute Gasteiger partial charge is 0.271 e. The Morgan fingerprint density at radius 2 is 1.66 bits per heavy atom. The van der Waals surface area contributed by atoms with Crippen LogP contribution in [0.4, 0.5) is 11.4 Å². The molecule has 1 aliphatic rings. The van der Waals surface area contributed by atoms with Crippen LogP contribution in [0, 0.1) is 13.8 Å². The van der Waals surface area contributed by atoms with Crippen LogP contribution >= 0.6 is 11.8 Å². The van der Waals surface area contributed by atoms with Gasteiger partial charge in [-0.3, -0.25) is 9.69 Å². The van der Waals surface area contributed by atoms with Crippen molar-refractivity contribution < 1.29 is 14.6 Å². The Balaban J connectivity index is 1.75. The van der Waals surface area contributed by atoms with Crippen molar-refractivity contribution in [3.63, 3.8) is 0 Å². The lowest BCUT2D eigenvalue weighted by Gasteiger charge is -2.16. The van der Waals surface area contributed by atoms with E-state index in [4.69, 9.17) is 9.73 Å². The van der Waals surface area contributed by atoms with Gasteiger partial charge < -0.3 is 9.84 Å². The number of amidine groups is 1. The van der Waals surface area contributed by atoms with E-state index in [9.17, 15) is 9.90 Å². The Kier molecular flexibility index (Phi) is 6.32. The highest BCUT2D eigenvalue weighted by atomic mass is 32.2. The van der Waals surface area contributed by atoms with Crippen LogP contribution in [0.1, 0.15) is 23.6 Å². The summed E-state index contributed by atoms with van der Waals surface area (Å²) in [5.74, 6) is 0.319. The average Bonchev–Trinajstić information content (AvgIpc) is 3.07. The van der Waals surface area contributed by atoms with Gasteiger partial charge in [-0.15, -0.1) is 0 Å². The van der Waals surface area contributed by atoms with E-state index < -0.39 is 0 Å². The lowest BCUT2D eigenvalue weighted by atomic mass is 10.1. The molecule has 0 aromatic heterocycles. The summed E-state index contributed by atoms with van der Waals surface area (Å²) in [5.41, 5.74) is 4.59. The second-order valence-corrected chi connectivity index (χ2v) is 8.49. The number of amides is 1. The molecule has 1 saturated heterocycles. The minimum atomic E-state index is -0.143. The number of aromatic hydroxyl groups is 1. The number of phenols is 1. The second kappa shape index (κ2) is 9.32. The van der Waals surface area contributed by atoms with E-state index in [-0.39, 0.29) is 11.7 Å². The van der Waals surface area contributed by atoms with Crippen molar-refractivity contribution >= 4 is 40.3 Å². The van der Waals surface area contributed by atoms with Crippen LogP contribution in [-0.4, -0.2) is 22.8 Å². The topological polar surface area (TPSA) is 62.1 Å². The van der Waals surface area contributed by atoms with Gasteiger partial charge in [-0.05, 0) is 80.6 Å². The SMILES string of the molecule is CCOc1cc(/C=C2/SC(=Nc3ccc(C)cc3)N(c3ccc(C)cc3)C2=O)ccc1O. The third-order valence-corrected chi connectivity index (χ3v) is 5.91. The predicted octanol–water partition coefficient (Wildman–Crippen LogP) is 6.22. The first-order valence-corrected chi connectivity index (χ1v) is 11.2. The Hall–Kier alpha value is -3.51. The number of carbonyl (C=O) groups excluding carboxylic acids is 1. The third kappa shape index (κ3) is 4.70. The molecular formula is C26H24N2O3S. The summed E-state index contributed by atoms with van der Waals surface area (Å²) in [7, 11) is 0. The van der Waals surface area contributed by atoms with Crippen LogP contribution in [0.3, 0.4) is 0 Å². The molecule has 3 aromatic carbocycles. The van der Waals surface area contributed by atoms with E-state index in [0.717, 1.165) is 28.1 Å². The summed E-state index contributed by atoms with van der Waals surface area (Å²) in [4.78, 5) is 20.3. The fourth-order valence-corrected chi connectivity index (χ4v) is 4.24. The molecule has 5 nitrogen and oxygen atoms in total. The molecule has 1 amide bonds. The van der Waals surface area contributed by atoms with Crippen molar-refractivity contribution in [2.45, 2.75) is 20.8 Å². The molecule has 32 heavy (non-hydrogen) atoms. The lowest BCUT2D eigenvalue weighted by Crippen LogP contribution is -2.28. The first-order valence-electron chi connectivity index (χ1n) is 10.4. The largest absolute Gasteiger partial charge is 0.504 e. The molecule has 1 N–H and O–H groups in total. The normalized spacial score (nSPS) is 16.2. The first-order chi connectivity index (χ1) is 15.4. The monoisotopic (exact) mass is 444 g/mol. The minimum Gasteiger partial charge on any atom is -0.504 e. The molecule has 0 saturated carbocycles. The van der Waals surface area contributed by atoms with Crippen LogP contribution in [0.2, 0.25) is 0 Å². The van der Waals surface area contributed by atoms with Gasteiger partial charge in [-0.25, -0.2) is 4.99 Å². The second-order valence-electron chi connectivity index (χ2n) is 7.48.